The lowest BCUT2D eigenvalue weighted by atomic mass is 9.98. The molecule has 3 rings (SSSR count). The summed E-state index contributed by atoms with van der Waals surface area (Å²) in [5.41, 5.74) is -0.468. The summed E-state index contributed by atoms with van der Waals surface area (Å²) in [5, 5.41) is 23.1. The van der Waals surface area contributed by atoms with Gasteiger partial charge >= 0.3 is 6.18 Å². The summed E-state index contributed by atoms with van der Waals surface area (Å²) in [5.74, 6) is -1.05. The fourth-order valence-electron chi connectivity index (χ4n) is 2.66. The molecule has 0 radical (unpaired) electrons. The molecule has 8 heteroatoms. The first-order valence-corrected chi connectivity index (χ1v) is 7.47. The first-order valence-electron chi connectivity index (χ1n) is 7.47. The topological polar surface area (TPSA) is 82.5 Å². The second kappa shape index (κ2) is 6.21. The van der Waals surface area contributed by atoms with E-state index in [2.05, 4.69) is 10.3 Å². The molecule has 0 spiro atoms. The largest absolute Gasteiger partial charge is 0.507 e. The Morgan fingerprint density at radius 1 is 1.08 bits per heavy atom. The fourth-order valence-corrected chi connectivity index (χ4v) is 2.66. The molecule has 0 aliphatic rings. The van der Waals surface area contributed by atoms with Crippen molar-refractivity contribution in [1.82, 2.24) is 4.98 Å². The van der Waals surface area contributed by atoms with Gasteiger partial charge in [0.05, 0.1) is 11.3 Å². The number of carbonyl (C=O) groups is 1. The number of anilines is 1. The number of phenols is 2. The second-order valence-corrected chi connectivity index (χ2v) is 5.63. The Kier molecular flexibility index (Phi) is 4.19. The smallest absolute Gasteiger partial charge is 0.416 e. The third-order valence-electron chi connectivity index (χ3n) is 3.81. The summed E-state index contributed by atoms with van der Waals surface area (Å²) >= 11 is 0. The molecule has 1 aromatic heterocycles. The highest BCUT2D eigenvalue weighted by atomic mass is 19.4. The quantitative estimate of drug-likeness (QED) is 0.594. The summed E-state index contributed by atoms with van der Waals surface area (Å²) in [6, 6.07) is 6.94. The predicted molar refractivity (Wildman–Crippen MR) is 89.8 cm³/mol. The predicted octanol–water partition coefficient (Wildman–Crippen LogP) is 4.29. The lowest BCUT2D eigenvalue weighted by molar-refractivity contribution is -0.137. The molecule has 0 aliphatic heterocycles. The van der Waals surface area contributed by atoms with Gasteiger partial charge in [0, 0.05) is 24.1 Å². The maximum absolute atomic E-state index is 13.0. The summed E-state index contributed by atoms with van der Waals surface area (Å²) < 4.78 is 39.0. The monoisotopic (exact) mass is 362 g/mol. The first-order chi connectivity index (χ1) is 12.2. The summed E-state index contributed by atoms with van der Waals surface area (Å²) in [6.07, 6.45) is -3.26. The average Bonchev–Trinajstić information content (AvgIpc) is 2.56. The zero-order chi connectivity index (χ0) is 19.1. The van der Waals surface area contributed by atoms with E-state index in [1.54, 1.807) is 0 Å². The van der Waals surface area contributed by atoms with Crippen molar-refractivity contribution in [3.8, 4) is 22.6 Å². The van der Waals surface area contributed by atoms with E-state index in [4.69, 9.17) is 0 Å². The number of halogens is 3. The molecule has 134 valence electrons. The van der Waals surface area contributed by atoms with Gasteiger partial charge in [0.2, 0.25) is 5.91 Å². The summed E-state index contributed by atoms with van der Waals surface area (Å²) in [4.78, 5) is 15.2. The number of rotatable bonds is 2. The number of alkyl halides is 3. The van der Waals surface area contributed by atoms with Crippen molar-refractivity contribution in [2.24, 2.45) is 0 Å². The minimum atomic E-state index is -4.56. The van der Waals surface area contributed by atoms with Crippen LogP contribution in [0, 0.1) is 0 Å². The van der Waals surface area contributed by atoms with Crippen molar-refractivity contribution >= 4 is 22.5 Å². The van der Waals surface area contributed by atoms with E-state index < -0.39 is 17.6 Å². The van der Waals surface area contributed by atoms with Gasteiger partial charge in [-0.2, -0.15) is 13.2 Å². The van der Waals surface area contributed by atoms with Crippen molar-refractivity contribution in [2.75, 3.05) is 5.32 Å². The molecule has 0 unspecified atom stereocenters. The molecule has 2 aromatic carbocycles. The minimum absolute atomic E-state index is 0.0427. The molecular formula is C18H13F3N2O3. The van der Waals surface area contributed by atoms with Gasteiger partial charge < -0.3 is 15.5 Å². The fraction of sp³-hybridized carbons (Fsp3) is 0.111. The minimum Gasteiger partial charge on any atom is -0.507 e. The zero-order valence-electron chi connectivity index (χ0n) is 13.4. The van der Waals surface area contributed by atoms with E-state index in [0.29, 0.717) is 5.39 Å². The van der Waals surface area contributed by atoms with Gasteiger partial charge in [-0.3, -0.25) is 9.78 Å². The third-order valence-corrected chi connectivity index (χ3v) is 3.81. The van der Waals surface area contributed by atoms with E-state index in [9.17, 15) is 28.2 Å². The summed E-state index contributed by atoms with van der Waals surface area (Å²) in [6.45, 7) is 1.27. The summed E-state index contributed by atoms with van der Waals surface area (Å²) in [7, 11) is 0. The molecule has 3 N–H and O–H groups in total. The highest BCUT2D eigenvalue weighted by molar-refractivity contribution is 6.03. The van der Waals surface area contributed by atoms with Crippen LogP contribution in [0.3, 0.4) is 0 Å². The maximum Gasteiger partial charge on any atom is 0.416 e. The van der Waals surface area contributed by atoms with E-state index in [1.165, 1.54) is 31.3 Å². The highest BCUT2D eigenvalue weighted by Crippen LogP contribution is 2.41. The molecule has 0 bridgehead atoms. The number of phenolic OH excluding ortho intramolecular Hbond substituents is 2. The molecule has 0 atom stereocenters. The van der Waals surface area contributed by atoms with Crippen LogP contribution in [0.1, 0.15) is 12.5 Å². The van der Waals surface area contributed by atoms with Crippen molar-refractivity contribution < 1.29 is 28.2 Å². The molecular weight excluding hydrogens is 349 g/mol. The Bertz CT molecular complexity index is 1020. The molecule has 0 fully saturated rings. The van der Waals surface area contributed by atoms with Crippen LogP contribution in [-0.2, 0) is 11.0 Å². The lowest BCUT2D eigenvalue weighted by Gasteiger charge is -2.14. The Morgan fingerprint density at radius 2 is 1.81 bits per heavy atom. The molecule has 26 heavy (non-hydrogen) atoms. The van der Waals surface area contributed by atoms with Crippen LogP contribution in [0.2, 0.25) is 0 Å². The van der Waals surface area contributed by atoms with Gasteiger partial charge in [0.1, 0.15) is 11.3 Å². The van der Waals surface area contributed by atoms with E-state index in [1.807, 2.05) is 0 Å². The number of aromatic nitrogens is 1. The zero-order valence-corrected chi connectivity index (χ0v) is 13.4. The van der Waals surface area contributed by atoms with Crippen LogP contribution in [0.4, 0.5) is 18.9 Å². The van der Waals surface area contributed by atoms with Crippen LogP contribution in [-0.4, -0.2) is 21.1 Å². The number of carbonyl (C=O) groups excluding carboxylic acids is 1. The number of aromatic hydroxyl groups is 2. The van der Waals surface area contributed by atoms with Crippen LogP contribution in [0.5, 0.6) is 11.5 Å². The lowest BCUT2D eigenvalue weighted by Crippen LogP contribution is -2.06. The first kappa shape index (κ1) is 17.5. The van der Waals surface area contributed by atoms with Crippen molar-refractivity contribution in [2.45, 2.75) is 13.1 Å². The number of amides is 1. The number of nitrogens with one attached hydrogen (secondary N) is 1. The molecule has 3 aromatic rings. The number of fused-ring (bicyclic) bond motifs is 1. The molecule has 0 saturated carbocycles. The Hall–Kier alpha value is -3.29. The molecule has 0 saturated heterocycles. The van der Waals surface area contributed by atoms with E-state index in [-0.39, 0.29) is 33.8 Å². The van der Waals surface area contributed by atoms with Crippen LogP contribution >= 0.6 is 0 Å². The maximum atomic E-state index is 13.0. The van der Waals surface area contributed by atoms with Gasteiger partial charge in [-0.25, -0.2) is 0 Å². The highest BCUT2D eigenvalue weighted by Gasteiger charge is 2.31. The Balaban J connectivity index is 2.24. The number of hydrogen-bond acceptors (Lipinski definition) is 4. The van der Waals surface area contributed by atoms with Crippen molar-refractivity contribution in [3.05, 3.63) is 48.2 Å². The normalized spacial score (nSPS) is 11.5. The average molecular weight is 362 g/mol. The number of nitrogens with zero attached hydrogens (tertiary/aromatic N) is 1. The van der Waals surface area contributed by atoms with Crippen molar-refractivity contribution in [1.29, 1.82) is 0 Å². The van der Waals surface area contributed by atoms with Crippen LogP contribution < -0.4 is 5.32 Å². The molecule has 0 aliphatic carbocycles. The van der Waals surface area contributed by atoms with Crippen LogP contribution in [0.15, 0.2) is 42.6 Å². The molecule has 1 amide bonds. The number of benzene rings is 2. The molecule has 5 nitrogen and oxygen atoms in total. The van der Waals surface area contributed by atoms with Gasteiger partial charge in [0.25, 0.3) is 0 Å². The van der Waals surface area contributed by atoms with Crippen LogP contribution in [0.25, 0.3) is 22.0 Å². The van der Waals surface area contributed by atoms with Gasteiger partial charge in [-0.15, -0.1) is 0 Å². The Morgan fingerprint density at radius 3 is 2.46 bits per heavy atom. The van der Waals surface area contributed by atoms with Gasteiger partial charge in [0.15, 0.2) is 5.75 Å². The van der Waals surface area contributed by atoms with Gasteiger partial charge in [-0.05, 0) is 42.0 Å². The Labute approximate surface area is 145 Å². The second-order valence-electron chi connectivity index (χ2n) is 5.63. The van der Waals surface area contributed by atoms with Crippen molar-refractivity contribution in [3.63, 3.8) is 0 Å². The van der Waals surface area contributed by atoms with E-state index in [0.717, 1.165) is 18.2 Å². The molecule has 1 heterocycles. The van der Waals surface area contributed by atoms with Gasteiger partial charge in [-0.1, -0.05) is 0 Å². The number of hydrogen-bond donors (Lipinski definition) is 3. The SMILES string of the molecule is CC(=O)Nc1ccc2c(-c3cc(C(F)(F)F)ccc3O)ccnc2c1O. The third kappa shape index (κ3) is 3.13. The van der Waals surface area contributed by atoms with E-state index >= 15 is 0 Å². The number of pyridine rings is 1. The standard InChI is InChI=1S/C18H13F3N2O3/c1-9(24)23-14-4-3-12-11(6-7-22-16(12)17(14)26)13-8-10(18(19,20)21)2-5-15(13)25/h2-8,25-26H,1H3,(H,23,24).